The van der Waals surface area contributed by atoms with Crippen molar-refractivity contribution in [3.63, 3.8) is 0 Å². The normalized spacial score (nSPS) is 19.6. The summed E-state index contributed by atoms with van der Waals surface area (Å²) in [5, 5.41) is 0. The van der Waals surface area contributed by atoms with Crippen molar-refractivity contribution in [1.82, 2.24) is 9.13 Å². The van der Waals surface area contributed by atoms with E-state index in [1.807, 2.05) is 0 Å². The Morgan fingerprint density at radius 2 is 1.07 bits per heavy atom. The lowest BCUT2D eigenvalue weighted by Crippen LogP contribution is -2.54. The Labute approximate surface area is 90.4 Å². The second-order valence-electron chi connectivity index (χ2n) is 6.09. The highest BCUT2D eigenvalue weighted by Gasteiger charge is 2.36. The summed E-state index contributed by atoms with van der Waals surface area (Å²) < 4.78 is 5.08. The summed E-state index contributed by atoms with van der Waals surface area (Å²) in [5.41, 5.74) is 0.532. The quantitative estimate of drug-likeness (QED) is 0.569. The molecule has 0 aromatic rings. The van der Waals surface area contributed by atoms with E-state index in [0.717, 1.165) is 0 Å². The number of hydrogen-bond donors (Lipinski definition) is 0. The van der Waals surface area contributed by atoms with Gasteiger partial charge in [0.1, 0.15) is 0 Å². The Balaban J connectivity index is 2.81. The maximum atomic E-state index is 2.54. The first-order valence-corrected chi connectivity index (χ1v) is 7.58. The van der Waals surface area contributed by atoms with Gasteiger partial charge in [0.15, 0.2) is 0 Å². The van der Waals surface area contributed by atoms with Crippen LogP contribution in [0.25, 0.3) is 0 Å². The van der Waals surface area contributed by atoms with Crippen molar-refractivity contribution in [1.29, 1.82) is 0 Å². The Hall–Kier alpha value is -0.443. The molecular weight excluding hydrogens is 188 g/mol. The molecule has 0 aliphatic carbocycles. The van der Waals surface area contributed by atoms with E-state index in [2.05, 4.69) is 69.6 Å². The van der Waals surface area contributed by atoms with E-state index in [4.69, 9.17) is 0 Å². The Kier molecular flexibility index (Phi) is 2.74. The predicted molar refractivity (Wildman–Crippen MR) is 65.3 cm³/mol. The standard InChI is InChI=1S/C11H24N2Si/c1-10(2,3)12-8-9-13(14(12)7)11(4,5)6/h8-9,14H,1-7H3. The average Bonchev–Trinajstić information content (AvgIpc) is 2.26. The molecule has 0 saturated carbocycles. The molecule has 0 fully saturated rings. The van der Waals surface area contributed by atoms with Gasteiger partial charge >= 0.3 is 0 Å². The molecule has 0 atom stereocenters. The van der Waals surface area contributed by atoms with Gasteiger partial charge in [-0.15, -0.1) is 0 Å². The monoisotopic (exact) mass is 212 g/mol. The molecule has 1 heterocycles. The zero-order chi connectivity index (χ0) is 11.1. The zero-order valence-electron chi connectivity index (χ0n) is 10.6. The molecule has 0 amide bonds. The molecular formula is C11H24N2Si. The lowest BCUT2D eigenvalue weighted by atomic mass is 10.1. The van der Waals surface area contributed by atoms with E-state index in [-0.39, 0.29) is 11.1 Å². The first-order valence-electron chi connectivity index (χ1n) is 5.39. The van der Waals surface area contributed by atoms with Gasteiger partial charge in [0.05, 0.1) is 0 Å². The third kappa shape index (κ3) is 2.14. The molecule has 0 radical (unpaired) electrons. The Morgan fingerprint density at radius 3 is 1.21 bits per heavy atom. The van der Waals surface area contributed by atoms with E-state index in [0.29, 0.717) is 0 Å². The van der Waals surface area contributed by atoms with Crippen LogP contribution < -0.4 is 0 Å². The average molecular weight is 212 g/mol. The van der Waals surface area contributed by atoms with E-state index in [9.17, 15) is 0 Å². The summed E-state index contributed by atoms with van der Waals surface area (Å²) in [5.74, 6) is 0. The van der Waals surface area contributed by atoms with Crippen LogP contribution in [-0.4, -0.2) is 29.3 Å². The molecule has 0 unspecified atom stereocenters. The largest absolute Gasteiger partial charge is 0.384 e. The second-order valence-corrected chi connectivity index (χ2v) is 8.46. The van der Waals surface area contributed by atoms with Gasteiger partial charge in [-0.3, -0.25) is 0 Å². The van der Waals surface area contributed by atoms with Gasteiger partial charge in [-0.1, -0.05) is 0 Å². The van der Waals surface area contributed by atoms with Crippen LogP contribution in [0.15, 0.2) is 12.4 Å². The fraction of sp³-hybridized carbons (Fsp3) is 0.818. The van der Waals surface area contributed by atoms with E-state index >= 15 is 0 Å². The topological polar surface area (TPSA) is 6.48 Å². The fourth-order valence-electron chi connectivity index (χ4n) is 2.10. The molecule has 1 aliphatic heterocycles. The van der Waals surface area contributed by atoms with Crippen molar-refractivity contribution in [2.45, 2.75) is 59.2 Å². The lowest BCUT2D eigenvalue weighted by Gasteiger charge is -2.43. The number of hydrogen-bond acceptors (Lipinski definition) is 2. The van der Waals surface area contributed by atoms with Gasteiger partial charge in [0.2, 0.25) is 9.12 Å². The molecule has 0 bridgehead atoms. The van der Waals surface area contributed by atoms with Gasteiger partial charge in [0.25, 0.3) is 0 Å². The smallest absolute Gasteiger partial charge is 0.244 e. The van der Waals surface area contributed by atoms with Crippen LogP contribution in [0.4, 0.5) is 0 Å². The molecule has 0 aromatic carbocycles. The molecule has 0 spiro atoms. The van der Waals surface area contributed by atoms with Gasteiger partial charge in [-0.05, 0) is 48.1 Å². The van der Waals surface area contributed by atoms with Crippen LogP contribution in [0, 0.1) is 0 Å². The second kappa shape index (κ2) is 3.30. The van der Waals surface area contributed by atoms with Crippen molar-refractivity contribution in [2.75, 3.05) is 0 Å². The molecule has 2 nitrogen and oxygen atoms in total. The summed E-state index contributed by atoms with van der Waals surface area (Å²) in [6.07, 6.45) is 4.53. The third-order valence-corrected chi connectivity index (χ3v) is 6.25. The summed E-state index contributed by atoms with van der Waals surface area (Å²) in [7, 11) is -0.974. The zero-order valence-corrected chi connectivity index (χ0v) is 11.8. The SMILES string of the molecule is C[SiH]1N(C(C)(C)C)C=CN1C(C)(C)C. The number of nitrogens with zero attached hydrogens (tertiary/aromatic N) is 2. The predicted octanol–water partition coefficient (Wildman–Crippen LogP) is 2.52. The minimum atomic E-state index is -0.974. The Bertz CT molecular complexity index is 211. The highest BCUT2D eigenvalue weighted by atomic mass is 28.3. The first-order chi connectivity index (χ1) is 6.14. The lowest BCUT2D eigenvalue weighted by molar-refractivity contribution is 0.283. The first kappa shape index (κ1) is 11.6. The van der Waals surface area contributed by atoms with Gasteiger partial charge in [0, 0.05) is 23.5 Å². The van der Waals surface area contributed by atoms with Crippen LogP contribution in [0.2, 0.25) is 6.55 Å². The van der Waals surface area contributed by atoms with Crippen molar-refractivity contribution in [2.24, 2.45) is 0 Å². The summed E-state index contributed by atoms with van der Waals surface area (Å²) in [6, 6.07) is 0. The molecule has 0 N–H and O–H groups in total. The molecule has 1 aliphatic rings. The third-order valence-electron chi connectivity index (χ3n) is 2.74. The van der Waals surface area contributed by atoms with E-state index in [1.54, 1.807) is 0 Å². The van der Waals surface area contributed by atoms with Crippen LogP contribution in [0.5, 0.6) is 0 Å². The van der Waals surface area contributed by atoms with Crippen LogP contribution in [0.1, 0.15) is 41.5 Å². The van der Waals surface area contributed by atoms with Gasteiger partial charge < -0.3 is 9.13 Å². The summed E-state index contributed by atoms with van der Waals surface area (Å²) in [6.45, 7) is 16.1. The van der Waals surface area contributed by atoms with Crippen LogP contribution in [-0.2, 0) is 0 Å². The summed E-state index contributed by atoms with van der Waals surface area (Å²) in [4.78, 5) is 0. The highest BCUT2D eigenvalue weighted by molar-refractivity contribution is 6.53. The van der Waals surface area contributed by atoms with Gasteiger partial charge in [-0.2, -0.15) is 0 Å². The molecule has 0 saturated heterocycles. The maximum absolute atomic E-state index is 2.54. The fourth-order valence-corrected chi connectivity index (χ4v) is 5.26. The highest BCUT2D eigenvalue weighted by Crippen LogP contribution is 2.27. The van der Waals surface area contributed by atoms with Crippen LogP contribution in [0.3, 0.4) is 0 Å². The maximum Gasteiger partial charge on any atom is 0.244 e. The van der Waals surface area contributed by atoms with Crippen molar-refractivity contribution < 1.29 is 0 Å². The minimum Gasteiger partial charge on any atom is -0.384 e. The molecule has 14 heavy (non-hydrogen) atoms. The molecule has 3 heteroatoms. The molecule has 0 aromatic heterocycles. The van der Waals surface area contributed by atoms with Crippen LogP contribution >= 0.6 is 0 Å². The van der Waals surface area contributed by atoms with Crippen molar-refractivity contribution in [3.05, 3.63) is 12.4 Å². The summed E-state index contributed by atoms with van der Waals surface area (Å²) >= 11 is 0. The Morgan fingerprint density at radius 1 is 0.786 bits per heavy atom. The molecule has 82 valence electrons. The van der Waals surface area contributed by atoms with E-state index < -0.39 is 9.12 Å². The van der Waals surface area contributed by atoms with Crippen molar-refractivity contribution in [3.8, 4) is 0 Å². The molecule has 1 rings (SSSR count). The number of rotatable bonds is 0. The van der Waals surface area contributed by atoms with Gasteiger partial charge in [-0.25, -0.2) is 0 Å². The van der Waals surface area contributed by atoms with Crippen molar-refractivity contribution >= 4 is 9.12 Å². The van der Waals surface area contributed by atoms with E-state index in [1.165, 1.54) is 0 Å². The minimum absolute atomic E-state index is 0.266.